The molecular weight excluding hydrogens is 459 g/mol. The summed E-state index contributed by atoms with van der Waals surface area (Å²) < 4.78 is 41.1. The molecule has 1 saturated heterocycles. The summed E-state index contributed by atoms with van der Waals surface area (Å²) in [6, 6.07) is 5.68. The minimum absolute atomic E-state index is 0.0199. The molecule has 7 nitrogen and oxygen atoms in total. The molecule has 1 amide bonds. The first kappa shape index (κ1) is 25.6. The SMILES string of the molecule is C[C@@H](C(=O)NCCCN1CCN(C2CCCCC2)CC1)n1c(=O)c(C(F)(F)F)nc2ccccc21. The summed E-state index contributed by atoms with van der Waals surface area (Å²) in [4.78, 5) is 33.9. The van der Waals surface area contributed by atoms with Crippen LogP contribution in [-0.4, -0.2) is 70.6 Å². The Hall–Kier alpha value is -2.46. The van der Waals surface area contributed by atoms with Gasteiger partial charge >= 0.3 is 6.18 Å². The number of aromatic nitrogens is 2. The zero-order valence-corrected chi connectivity index (χ0v) is 20.2. The van der Waals surface area contributed by atoms with Crippen LogP contribution in [0.5, 0.6) is 0 Å². The largest absolute Gasteiger partial charge is 0.438 e. The highest BCUT2D eigenvalue weighted by Crippen LogP contribution is 2.27. The number of rotatable bonds is 7. The van der Waals surface area contributed by atoms with Gasteiger partial charge in [-0.25, -0.2) is 4.98 Å². The van der Waals surface area contributed by atoms with Crippen molar-refractivity contribution in [3.8, 4) is 0 Å². The van der Waals surface area contributed by atoms with Crippen LogP contribution >= 0.6 is 0 Å². The molecule has 1 aromatic heterocycles. The molecule has 4 rings (SSSR count). The number of carbonyl (C=O) groups excluding carboxylic acids is 1. The average molecular weight is 494 g/mol. The van der Waals surface area contributed by atoms with Gasteiger partial charge in [0, 0.05) is 38.8 Å². The average Bonchev–Trinajstić information content (AvgIpc) is 2.86. The number of nitrogens with one attached hydrogen (secondary N) is 1. The molecule has 1 aliphatic carbocycles. The summed E-state index contributed by atoms with van der Waals surface area (Å²) in [6.07, 6.45) is 2.48. The number of alkyl halides is 3. The third-order valence-electron chi connectivity index (χ3n) is 7.28. The fourth-order valence-corrected chi connectivity index (χ4v) is 5.30. The molecule has 1 aliphatic heterocycles. The van der Waals surface area contributed by atoms with E-state index >= 15 is 0 Å². The number of amides is 1. The molecule has 35 heavy (non-hydrogen) atoms. The predicted molar refractivity (Wildman–Crippen MR) is 128 cm³/mol. The molecule has 0 unspecified atom stereocenters. The Kier molecular flexibility index (Phi) is 8.11. The normalized spacial score (nSPS) is 19.7. The number of hydrogen-bond acceptors (Lipinski definition) is 5. The van der Waals surface area contributed by atoms with Crippen LogP contribution in [0, 0.1) is 0 Å². The minimum atomic E-state index is -4.90. The summed E-state index contributed by atoms with van der Waals surface area (Å²) in [6.45, 7) is 6.87. The van der Waals surface area contributed by atoms with Crippen molar-refractivity contribution in [1.29, 1.82) is 0 Å². The molecule has 1 aromatic carbocycles. The molecule has 2 heterocycles. The van der Waals surface area contributed by atoms with E-state index in [1.807, 2.05) is 0 Å². The van der Waals surface area contributed by atoms with Gasteiger partial charge in [0.25, 0.3) is 5.56 Å². The van der Waals surface area contributed by atoms with Crippen LogP contribution in [0.3, 0.4) is 0 Å². The third-order valence-corrected chi connectivity index (χ3v) is 7.28. The maximum absolute atomic E-state index is 13.4. The second kappa shape index (κ2) is 11.1. The molecule has 0 bridgehead atoms. The van der Waals surface area contributed by atoms with Gasteiger partial charge in [-0.3, -0.25) is 19.1 Å². The lowest BCUT2D eigenvalue weighted by molar-refractivity contribution is -0.142. The van der Waals surface area contributed by atoms with E-state index in [1.54, 1.807) is 12.1 Å². The van der Waals surface area contributed by atoms with Gasteiger partial charge in [-0.05, 0) is 44.9 Å². The number of fused-ring (bicyclic) bond motifs is 1. The quantitative estimate of drug-likeness (QED) is 0.599. The van der Waals surface area contributed by atoms with E-state index in [-0.39, 0.29) is 11.0 Å². The second-order valence-corrected chi connectivity index (χ2v) is 9.61. The number of piperazine rings is 1. The van der Waals surface area contributed by atoms with Crippen LogP contribution in [-0.2, 0) is 11.0 Å². The number of para-hydroxylation sites is 2. The summed E-state index contributed by atoms with van der Waals surface area (Å²) in [5, 5.41) is 2.79. The Morgan fingerprint density at radius 2 is 1.80 bits per heavy atom. The Morgan fingerprint density at radius 3 is 2.49 bits per heavy atom. The molecule has 1 N–H and O–H groups in total. The Morgan fingerprint density at radius 1 is 1.11 bits per heavy atom. The van der Waals surface area contributed by atoms with Crippen molar-refractivity contribution in [2.45, 2.75) is 63.7 Å². The third kappa shape index (κ3) is 6.03. The van der Waals surface area contributed by atoms with Gasteiger partial charge in [-0.1, -0.05) is 31.4 Å². The lowest BCUT2D eigenvalue weighted by Crippen LogP contribution is -2.51. The first-order valence-electron chi connectivity index (χ1n) is 12.6. The van der Waals surface area contributed by atoms with Gasteiger partial charge in [0.15, 0.2) is 0 Å². The minimum Gasteiger partial charge on any atom is -0.354 e. The van der Waals surface area contributed by atoms with Crippen molar-refractivity contribution in [1.82, 2.24) is 24.7 Å². The van der Waals surface area contributed by atoms with Crippen molar-refractivity contribution in [2.75, 3.05) is 39.3 Å². The van der Waals surface area contributed by atoms with E-state index in [1.165, 1.54) is 51.2 Å². The monoisotopic (exact) mass is 493 g/mol. The Labute approximate surface area is 203 Å². The lowest BCUT2D eigenvalue weighted by Gasteiger charge is -2.40. The van der Waals surface area contributed by atoms with Crippen LogP contribution in [0.4, 0.5) is 13.2 Å². The Bertz CT molecular complexity index is 1070. The van der Waals surface area contributed by atoms with Gasteiger partial charge in [0.1, 0.15) is 6.04 Å². The molecule has 1 saturated carbocycles. The van der Waals surface area contributed by atoms with Crippen molar-refractivity contribution < 1.29 is 18.0 Å². The summed E-state index contributed by atoms with van der Waals surface area (Å²) in [5.41, 5.74) is -2.60. The van der Waals surface area contributed by atoms with Gasteiger partial charge in [-0.2, -0.15) is 13.2 Å². The van der Waals surface area contributed by atoms with E-state index < -0.39 is 29.4 Å². The number of halogens is 3. The number of nitrogens with zero attached hydrogens (tertiary/aromatic N) is 4. The maximum Gasteiger partial charge on any atom is 0.438 e. The highest BCUT2D eigenvalue weighted by molar-refractivity contribution is 5.83. The zero-order valence-electron chi connectivity index (χ0n) is 20.2. The highest BCUT2D eigenvalue weighted by atomic mass is 19.4. The molecule has 2 fully saturated rings. The summed E-state index contributed by atoms with van der Waals surface area (Å²) in [5.74, 6) is -0.487. The zero-order chi connectivity index (χ0) is 25.0. The lowest BCUT2D eigenvalue weighted by atomic mass is 9.94. The fourth-order valence-electron chi connectivity index (χ4n) is 5.30. The van der Waals surface area contributed by atoms with E-state index in [0.717, 1.165) is 49.8 Å². The molecule has 192 valence electrons. The van der Waals surface area contributed by atoms with Gasteiger partial charge in [0.05, 0.1) is 11.0 Å². The molecule has 1 atom stereocenters. The van der Waals surface area contributed by atoms with Crippen LogP contribution in [0.1, 0.15) is 57.2 Å². The van der Waals surface area contributed by atoms with Crippen molar-refractivity contribution >= 4 is 16.9 Å². The van der Waals surface area contributed by atoms with E-state index in [0.29, 0.717) is 6.54 Å². The first-order valence-corrected chi connectivity index (χ1v) is 12.6. The molecule has 2 aliphatic rings. The van der Waals surface area contributed by atoms with Gasteiger partial charge in [0.2, 0.25) is 11.6 Å². The van der Waals surface area contributed by atoms with Gasteiger partial charge < -0.3 is 10.2 Å². The number of hydrogen-bond donors (Lipinski definition) is 1. The number of benzene rings is 1. The van der Waals surface area contributed by atoms with E-state index in [4.69, 9.17) is 0 Å². The van der Waals surface area contributed by atoms with Crippen molar-refractivity contribution in [3.63, 3.8) is 0 Å². The predicted octanol–water partition coefficient (Wildman–Crippen LogP) is 3.43. The van der Waals surface area contributed by atoms with Crippen molar-refractivity contribution in [3.05, 3.63) is 40.3 Å². The smallest absolute Gasteiger partial charge is 0.354 e. The first-order chi connectivity index (χ1) is 16.8. The number of carbonyl (C=O) groups is 1. The van der Waals surface area contributed by atoms with Crippen LogP contribution in [0.2, 0.25) is 0 Å². The molecule has 2 aromatic rings. The van der Waals surface area contributed by atoms with E-state index in [9.17, 15) is 22.8 Å². The molecule has 0 spiro atoms. The topological polar surface area (TPSA) is 70.5 Å². The van der Waals surface area contributed by atoms with Crippen LogP contribution < -0.4 is 10.9 Å². The second-order valence-electron chi connectivity index (χ2n) is 9.61. The van der Waals surface area contributed by atoms with E-state index in [2.05, 4.69) is 20.1 Å². The molecule has 0 radical (unpaired) electrons. The highest BCUT2D eigenvalue weighted by Gasteiger charge is 2.38. The van der Waals surface area contributed by atoms with Gasteiger partial charge in [-0.15, -0.1) is 0 Å². The van der Waals surface area contributed by atoms with Crippen LogP contribution in [0.25, 0.3) is 11.0 Å². The summed E-state index contributed by atoms with van der Waals surface area (Å²) >= 11 is 0. The summed E-state index contributed by atoms with van der Waals surface area (Å²) in [7, 11) is 0. The molecular formula is C25H34F3N5O2. The van der Waals surface area contributed by atoms with Crippen molar-refractivity contribution in [2.24, 2.45) is 0 Å². The molecule has 10 heteroatoms. The Balaban J connectivity index is 1.31. The van der Waals surface area contributed by atoms with Crippen LogP contribution in [0.15, 0.2) is 29.1 Å². The standard InChI is InChI=1S/C25H34F3N5O2/c1-18(33-21-11-6-5-10-20(21)30-22(24(33)35)25(26,27)28)23(34)29-12-7-13-31-14-16-32(17-15-31)19-8-3-2-4-9-19/h5-6,10-11,18-19H,2-4,7-9,12-17H2,1H3,(H,29,34)/t18-/m0/s1. The maximum atomic E-state index is 13.4. The fraction of sp³-hybridized carbons (Fsp3) is 0.640.